The molecule has 0 saturated heterocycles. The van der Waals surface area contributed by atoms with Gasteiger partial charge in [0.15, 0.2) is 0 Å². The van der Waals surface area contributed by atoms with Gasteiger partial charge >= 0.3 is 5.69 Å². The summed E-state index contributed by atoms with van der Waals surface area (Å²) < 4.78 is 26.6. The molecule has 2 N–H and O–H groups in total. The molecule has 1 atom stereocenters. The third kappa shape index (κ3) is 4.53. The van der Waals surface area contributed by atoms with Crippen LogP contribution in [-0.4, -0.2) is 22.7 Å². The number of aliphatic hydroxyl groups excluding tert-OH is 1. The summed E-state index contributed by atoms with van der Waals surface area (Å²) in [4.78, 5) is 9.68. The maximum atomic E-state index is 13.5. The maximum absolute atomic E-state index is 13.5. The molecule has 1 aromatic carbocycles. The molecule has 106 valence electrons. The number of hydrogen-bond donors (Lipinski definition) is 2. The molecule has 1 unspecified atom stereocenters. The lowest BCUT2D eigenvalue weighted by Crippen LogP contribution is -2.26. The van der Waals surface area contributed by atoms with Crippen molar-refractivity contribution in [2.24, 2.45) is 0 Å². The molecule has 1 rings (SSSR count). The molecule has 7 heteroatoms. The maximum Gasteiger partial charge on any atom is 0.305 e. The van der Waals surface area contributed by atoms with Crippen molar-refractivity contribution in [2.75, 3.05) is 6.61 Å². The highest BCUT2D eigenvalue weighted by Crippen LogP contribution is 2.21. The van der Waals surface area contributed by atoms with Crippen molar-refractivity contribution < 1.29 is 18.8 Å². The van der Waals surface area contributed by atoms with E-state index in [2.05, 4.69) is 5.32 Å². The van der Waals surface area contributed by atoms with Crippen LogP contribution in [0, 0.1) is 21.7 Å². The van der Waals surface area contributed by atoms with Gasteiger partial charge in [-0.2, -0.15) is 4.39 Å². The average molecular weight is 274 g/mol. The molecule has 0 saturated carbocycles. The van der Waals surface area contributed by atoms with E-state index >= 15 is 0 Å². The molecule has 0 aliphatic rings. The first-order valence-corrected chi connectivity index (χ1v) is 5.92. The highest BCUT2D eigenvalue weighted by atomic mass is 19.1. The lowest BCUT2D eigenvalue weighted by molar-refractivity contribution is -0.387. The Bertz CT molecular complexity index is 455. The molecule has 0 spiro atoms. The topological polar surface area (TPSA) is 75.4 Å². The predicted molar refractivity (Wildman–Crippen MR) is 65.6 cm³/mol. The Hall–Kier alpha value is -1.60. The molecule has 0 heterocycles. The van der Waals surface area contributed by atoms with Gasteiger partial charge in [0.1, 0.15) is 5.82 Å². The van der Waals surface area contributed by atoms with Crippen LogP contribution in [0.5, 0.6) is 0 Å². The van der Waals surface area contributed by atoms with Crippen LogP contribution in [0.3, 0.4) is 0 Å². The molecule has 19 heavy (non-hydrogen) atoms. The van der Waals surface area contributed by atoms with E-state index in [4.69, 9.17) is 5.11 Å². The Morgan fingerprint density at radius 1 is 1.42 bits per heavy atom. The fourth-order valence-corrected chi connectivity index (χ4v) is 1.64. The molecular weight excluding hydrogens is 258 g/mol. The van der Waals surface area contributed by atoms with Gasteiger partial charge < -0.3 is 10.4 Å². The second-order valence-corrected chi connectivity index (χ2v) is 4.30. The summed E-state index contributed by atoms with van der Waals surface area (Å²) in [5, 5.41) is 22.2. The number of nitrogens with one attached hydrogen (secondary N) is 1. The van der Waals surface area contributed by atoms with Gasteiger partial charge in [0, 0.05) is 36.9 Å². The summed E-state index contributed by atoms with van der Waals surface area (Å²) in [5.74, 6) is -2.00. The summed E-state index contributed by atoms with van der Waals surface area (Å²) in [6, 6.07) is 1.44. The summed E-state index contributed by atoms with van der Waals surface area (Å²) in [6.45, 7) is 1.99. The van der Waals surface area contributed by atoms with Crippen LogP contribution in [0.25, 0.3) is 0 Å². The Morgan fingerprint density at radius 2 is 2.11 bits per heavy atom. The van der Waals surface area contributed by atoms with Crippen molar-refractivity contribution in [1.82, 2.24) is 5.32 Å². The predicted octanol–water partition coefficient (Wildman–Crippen LogP) is 2.12. The van der Waals surface area contributed by atoms with Crippen LogP contribution >= 0.6 is 0 Å². The highest BCUT2D eigenvalue weighted by Gasteiger charge is 2.18. The molecule has 0 fully saturated rings. The second kappa shape index (κ2) is 7.10. The molecule has 0 aliphatic heterocycles. The zero-order valence-electron chi connectivity index (χ0n) is 10.5. The summed E-state index contributed by atoms with van der Waals surface area (Å²) >= 11 is 0. The van der Waals surface area contributed by atoms with Crippen LogP contribution in [0.15, 0.2) is 12.1 Å². The number of benzene rings is 1. The highest BCUT2D eigenvalue weighted by molar-refractivity contribution is 5.37. The van der Waals surface area contributed by atoms with Crippen molar-refractivity contribution >= 4 is 5.69 Å². The van der Waals surface area contributed by atoms with Gasteiger partial charge in [0.05, 0.1) is 4.92 Å². The number of nitro groups is 1. The van der Waals surface area contributed by atoms with Crippen LogP contribution in [0.4, 0.5) is 14.5 Å². The Kier molecular flexibility index (Phi) is 5.78. The van der Waals surface area contributed by atoms with Gasteiger partial charge in [-0.3, -0.25) is 10.1 Å². The molecule has 0 aromatic heterocycles. The molecule has 5 nitrogen and oxygen atoms in total. The molecule has 0 aliphatic carbocycles. The van der Waals surface area contributed by atoms with Gasteiger partial charge in [-0.1, -0.05) is 0 Å². The van der Waals surface area contributed by atoms with E-state index in [1.165, 1.54) is 0 Å². The number of halogens is 2. The fraction of sp³-hybridized carbons (Fsp3) is 0.500. The van der Waals surface area contributed by atoms with Gasteiger partial charge in [-0.25, -0.2) is 4.39 Å². The number of aliphatic hydroxyl groups is 1. The Balaban J connectivity index is 2.73. The lowest BCUT2D eigenvalue weighted by atomic mass is 10.1. The zero-order valence-corrected chi connectivity index (χ0v) is 10.5. The van der Waals surface area contributed by atoms with Gasteiger partial charge in [0.25, 0.3) is 0 Å². The van der Waals surface area contributed by atoms with E-state index in [1.807, 2.05) is 6.92 Å². The molecule has 0 bridgehead atoms. The van der Waals surface area contributed by atoms with Crippen molar-refractivity contribution in [3.05, 3.63) is 39.4 Å². The van der Waals surface area contributed by atoms with E-state index in [0.29, 0.717) is 18.9 Å². The minimum atomic E-state index is -1.18. The number of hydrogen-bond acceptors (Lipinski definition) is 4. The largest absolute Gasteiger partial charge is 0.396 e. The van der Waals surface area contributed by atoms with Gasteiger partial charge in [-0.15, -0.1) is 0 Å². The fourth-order valence-electron chi connectivity index (χ4n) is 1.64. The number of rotatable bonds is 7. The SMILES string of the molecule is CC(CCCO)NCc1cc([N+](=O)[O-])c(F)cc1F. The summed E-state index contributed by atoms with van der Waals surface area (Å²) in [5.41, 5.74) is -0.690. The van der Waals surface area contributed by atoms with E-state index in [9.17, 15) is 18.9 Å². The molecule has 0 radical (unpaired) electrons. The second-order valence-electron chi connectivity index (χ2n) is 4.30. The van der Waals surface area contributed by atoms with Crippen LogP contribution < -0.4 is 5.32 Å². The van der Waals surface area contributed by atoms with Crippen LogP contribution in [0.1, 0.15) is 25.3 Å². The molecule has 1 aromatic rings. The summed E-state index contributed by atoms with van der Waals surface area (Å²) in [6.07, 6.45) is 1.31. The van der Waals surface area contributed by atoms with Crippen molar-refractivity contribution in [2.45, 2.75) is 32.4 Å². The minimum absolute atomic E-state index is 0.0238. The first-order chi connectivity index (χ1) is 8.95. The first-order valence-electron chi connectivity index (χ1n) is 5.92. The number of nitro benzene ring substituents is 1. The zero-order chi connectivity index (χ0) is 14.4. The quantitative estimate of drug-likeness (QED) is 0.590. The molecular formula is C12H16F2N2O3. The van der Waals surface area contributed by atoms with Crippen molar-refractivity contribution in [3.63, 3.8) is 0 Å². The number of nitrogens with zero attached hydrogens (tertiary/aromatic N) is 1. The smallest absolute Gasteiger partial charge is 0.305 e. The summed E-state index contributed by atoms with van der Waals surface area (Å²) in [7, 11) is 0. The Morgan fingerprint density at radius 3 is 2.68 bits per heavy atom. The van der Waals surface area contributed by atoms with E-state index in [0.717, 1.165) is 6.07 Å². The van der Waals surface area contributed by atoms with Crippen molar-refractivity contribution in [1.29, 1.82) is 0 Å². The van der Waals surface area contributed by atoms with Crippen molar-refractivity contribution in [3.8, 4) is 0 Å². The Labute approximate surface area is 109 Å². The third-order valence-corrected chi connectivity index (χ3v) is 2.75. The minimum Gasteiger partial charge on any atom is -0.396 e. The van der Waals surface area contributed by atoms with Gasteiger partial charge in [-0.05, 0) is 19.8 Å². The standard InChI is InChI=1S/C12H16F2N2O3/c1-8(3-2-4-17)15-7-9-5-12(16(18)19)11(14)6-10(9)13/h5-6,8,15,17H,2-4,7H2,1H3. The average Bonchev–Trinajstić information content (AvgIpc) is 2.34. The normalized spacial score (nSPS) is 12.4. The third-order valence-electron chi connectivity index (χ3n) is 2.75. The van der Waals surface area contributed by atoms with E-state index < -0.39 is 22.2 Å². The van der Waals surface area contributed by atoms with Gasteiger partial charge in [0.2, 0.25) is 5.82 Å². The van der Waals surface area contributed by atoms with Crippen LogP contribution in [0.2, 0.25) is 0 Å². The van der Waals surface area contributed by atoms with E-state index in [1.54, 1.807) is 0 Å². The van der Waals surface area contributed by atoms with Crippen LogP contribution in [-0.2, 0) is 6.54 Å². The van der Waals surface area contributed by atoms with E-state index in [-0.39, 0.29) is 24.8 Å². The lowest BCUT2D eigenvalue weighted by Gasteiger charge is -2.13. The monoisotopic (exact) mass is 274 g/mol. The molecule has 0 amide bonds. The first kappa shape index (κ1) is 15.5.